The second-order valence-corrected chi connectivity index (χ2v) is 17.0. The molecule has 0 radical (unpaired) electrons. The number of hydrogen-bond acceptors (Lipinski definition) is 4. The van der Waals surface area contributed by atoms with Gasteiger partial charge >= 0.3 is 0 Å². The van der Waals surface area contributed by atoms with Crippen molar-refractivity contribution in [2.45, 2.75) is 138 Å². The van der Waals surface area contributed by atoms with E-state index in [1.165, 1.54) is 5.57 Å². The molecule has 5 heteroatoms. The number of nitrogens with zero attached hydrogens (tertiary/aromatic N) is 1. The fourth-order valence-electron chi connectivity index (χ4n) is 11.5. The normalized spacial score (nSPS) is 50.9. The molecule has 0 aromatic heterocycles. The second-order valence-electron chi connectivity index (χ2n) is 17.0. The lowest BCUT2D eigenvalue weighted by atomic mass is 9.33. The van der Waals surface area contributed by atoms with Crippen molar-refractivity contribution >= 4 is 11.7 Å². The minimum atomic E-state index is -0.582. The summed E-state index contributed by atoms with van der Waals surface area (Å²) in [5.74, 6) is 0.932. The van der Waals surface area contributed by atoms with Gasteiger partial charge in [0.15, 0.2) is 5.78 Å². The van der Waals surface area contributed by atoms with Gasteiger partial charge in [0.2, 0.25) is 0 Å². The van der Waals surface area contributed by atoms with Crippen LogP contribution in [0.15, 0.2) is 11.6 Å². The van der Waals surface area contributed by atoms with Crippen LogP contribution in [0.1, 0.15) is 126 Å². The number of amides is 1. The minimum absolute atomic E-state index is 0.0156. The van der Waals surface area contributed by atoms with Gasteiger partial charge in [-0.2, -0.15) is 0 Å². The highest BCUT2D eigenvalue weighted by Crippen LogP contribution is 2.75. The first-order chi connectivity index (χ1) is 18.0. The molecule has 0 aliphatic heterocycles. The van der Waals surface area contributed by atoms with Gasteiger partial charge in [0, 0.05) is 17.4 Å². The van der Waals surface area contributed by atoms with Crippen molar-refractivity contribution in [1.82, 2.24) is 5.06 Å². The molecule has 218 valence electrons. The van der Waals surface area contributed by atoms with Crippen LogP contribution in [-0.4, -0.2) is 34.0 Å². The van der Waals surface area contributed by atoms with Crippen molar-refractivity contribution in [1.29, 1.82) is 0 Å². The molecule has 0 saturated heterocycles. The van der Waals surface area contributed by atoms with Crippen LogP contribution in [0, 0.1) is 50.2 Å². The molecule has 3 N–H and O–H groups in total. The van der Waals surface area contributed by atoms with E-state index in [-0.39, 0.29) is 56.9 Å². The van der Waals surface area contributed by atoms with E-state index in [1.54, 1.807) is 0 Å². The molecular weight excluding hydrogens is 484 g/mol. The minimum Gasteiger partial charge on any atom is -0.327 e. The highest BCUT2D eigenvalue weighted by Gasteiger charge is 2.70. The van der Waals surface area contributed by atoms with E-state index >= 15 is 0 Å². The van der Waals surface area contributed by atoms with E-state index < -0.39 is 5.41 Å². The topological polar surface area (TPSA) is 83.6 Å². The Kier molecular flexibility index (Phi) is 6.04. The molecular formula is C34H54N2O3. The number of allylic oxidation sites excluding steroid dienone is 2. The fraction of sp³-hybridized carbons (Fsp3) is 0.882. The molecule has 0 aromatic carbocycles. The van der Waals surface area contributed by atoms with E-state index in [0.717, 1.165) is 82.1 Å². The Labute approximate surface area is 236 Å². The molecule has 6 aliphatic rings. The van der Waals surface area contributed by atoms with Crippen LogP contribution in [0.3, 0.4) is 0 Å². The third-order valence-corrected chi connectivity index (χ3v) is 14.8. The predicted octanol–water partition coefficient (Wildman–Crippen LogP) is 7.06. The average Bonchev–Trinajstić information content (AvgIpc) is 2.82. The molecule has 5 nitrogen and oxygen atoms in total. The first-order valence-electron chi connectivity index (χ1n) is 16.1. The number of hydrogen-bond donors (Lipinski definition) is 2. The SMILES string of the molecule is CC1(C)C2CC[C@]3(C)[C@H](C(=O)C=C4[C@@H]5C[C@@](C)(C(=O)N(O)C6CCC6)CC[C@]5(C)CC[C@]43C)[C@@]2(C)CC[C@@H]1N. The summed E-state index contributed by atoms with van der Waals surface area (Å²) in [5.41, 5.74) is 7.40. The summed E-state index contributed by atoms with van der Waals surface area (Å²) in [6, 6.07) is 0.178. The van der Waals surface area contributed by atoms with Gasteiger partial charge in [0.1, 0.15) is 0 Å². The quantitative estimate of drug-likeness (QED) is 0.291. The number of hydroxylamine groups is 2. The summed E-state index contributed by atoms with van der Waals surface area (Å²) in [5, 5.41) is 11.9. The first kappa shape index (κ1) is 27.9. The van der Waals surface area contributed by atoms with E-state index in [2.05, 4.69) is 54.5 Å². The molecule has 5 saturated carbocycles. The standard InChI is InChI=1S/C34H54N2O3/c1-29(2)25-11-14-34(7)27(32(25,5)13-12-26(29)35)24(37)19-22-23-20-31(4,28(38)36(39)21-9-8-10-21)16-15-30(23,3)17-18-33(22,34)6/h19,21,23,25-27,39H,8-18,20,35H2,1-7H3/t23-,25?,26-,27+,30+,31-,32-,33+,34+/m0/s1. The van der Waals surface area contributed by atoms with Gasteiger partial charge in [-0.3, -0.25) is 14.8 Å². The summed E-state index contributed by atoms with van der Waals surface area (Å²) in [6.07, 6.45) is 14.0. The number of ketones is 1. The maximum Gasteiger partial charge on any atom is 0.252 e. The molecule has 6 rings (SSSR count). The second kappa shape index (κ2) is 8.43. The van der Waals surface area contributed by atoms with Gasteiger partial charge in [-0.15, -0.1) is 0 Å². The highest BCUT2D eigenvalue weighted by molar-refractivity contribution is 5.95. The average molecular weight is 539 g/mol. The van der Waals surface area contributed by atoms with Gasteiger partial charge in [0.05, 0.1) is 6.04 Å². The van der Waals surface area contributed by atoms with Crippen molar-refractivity contribution in [2.75, 3.05) is 0 Å². The summed E-state index contributed by atoms with van der Waals surface area (Å²) in [6.45, 7) is 16.5. The fourth-order valence-corrected chi connectivity index (χ4v) is 11.5. The molecule has 0 spiro atoms. The Bertz CT molecular complexity index is 1110. The van der Waals surface area contributed by atoms with Crippen LogP contribution < -0.4 is 5.73 Å². The maximum absolute atomic E-state index is 14.5. The van der Waals surface area contributed by atoms with Gasteiger partial charge in [-0.05, 0) is 122 Å². The Hall–Kier alpha value is -1.20. The Morgan fingerprint density at radius 1 is 0.923 bits per heavy atom. The first-order valence-corrected chi connectivity index (χ1v) is 16.1. The largest absolute Gasteiger partial charge is 0.327 e. The molecule has 39 heavy (non-hydrogen) atoms. The monoisotopic (exact) mass is 538 g/mol. The smallest absolute Gasteiger partial charge is 0.252 e. The lowest BCUT2D eigenvalue weighted by Crippen LogP contribution is -2.67. The van der Waals surface area contributed by atoms with Crippen LogP contribution in [0.4, 0.5) is 0 Å². The van der Waals surface area contributed by atoms with E-state index in [1.807, 2.05) is 0 Å². The molecule has 9 atom stereocenters. The Morgan fingerprint density at radius 3 is 2.23 bits per heavy atom. The molecule has 5 fully saturated rings. The third kappa shape index (κ3) is 3.50. The molecule has 1 unspecified atom stereocenters. The lowest BCUT2D eigenvalue weighted by molar-refractivity contribution is -0.201. The lowest BCUT2D eigenvalue weighted by Gasteiger charge is -2.70. The summed E-state index contributed by atoms with van der Waals surface area (Å²) >= 11 is 0. The summed E-state index contributed by atoms with van der Waals surface area (Å²) in [7, 11) is 0. The predicted molar refractivity (Wildman–Crippen MR) is 154 cm³/mol. The van der Waals surface area contributed by atoms with Gasteiger partial charge in [0.25, 0.3) is 5.91 Å². The Balaban J connectivity index is 1.39. The summed E-state index contributed by atoms with van der Waals surface area (Å²) < 4.78 is 0. The van der Waals surface area contributed by atoms with E-state index in [0.29, 0.717) is 11.7 Å². The van der Waals surface area contributed by atoms with Crippen LogP contribution in [0.5, 0.6) is 0 Å². The van der Waals surface area contributed by atoms with Crippen LogP contribution in [0.2, 0.25) is 0 Å². The number of fused-ring (bicyclic) bond motifs is 7. The zero-order valence-corrected chi connectivity index (χ0v) is 25.7. The molecule has 0 aromatic rings. The van der Waals surface area contributed by atoms with E-state index in [9.17, 15) is 14.8 Å². The molecule has 6 aliphatic carbocycles. The maximum atomic E-state index is 14.5. The van der Waals surface area contributed by atoms with Gasteiger partial charge < -0.3 is 5.73 Å². The number of carbonyl (C=O) groups is 2. The van der Waals surface area contributed by atoms with Crippen molar-refractivity contribution < 1.29 is 14.8 Å². The summed E-state index contributed by atoms with van der Waals surface area (Å²) in [4.78, 5) is 28.2. The molecule has 0 bridgehead atoms. The third-order valence-electron chi connectivity index (χ3n) is 14.8. The number of carbonyl (C=O) groups excluding carboxylic acids is 2. The van der Waals surface area contributed by atoms with Crippen LogP contribution in [-0.2, 0) is 9.59 Å². The van der Waals surface area contributed by atoms with Gasteiger partial charge in [-0.1, -0.05) is 54.0 Å². The van der Waals surface area contributed by atoms with Gasteiger partial charge in [-0.25, -0.2) is 5.06 Å². The van der Waals surface area contributed by atoms with Crippen molar-refractivity contribution in [3.05, 3.63) is 11.6 Å². The Morgan fingerprint density at radius 2 is 1.59 bits per heavy atom. The number of nitrogens with two attached hydrogens (primary N) is 1. The molecule has 0 heterocycles. The van der Waals surface area contributed by atoms with Crippen molar-refractivity contribution in [3.63, 3.8) is 0 Å². The van der Waals surface area contributed by atoms with Crippen molar-refractivity contribution in [3.8, 4) is 0 Å². The van der Waals surface area contributed by atoms with Crippen LogP contribution >= 0.6 is 0 Å². The highest BCUT2D eigenvalue weighted by atomic mass is 16.5. The zero-order valence-electron chi connectivity index (χ0n) is 25.7. The number of rotatable bonds is 2. The van der Waals surface area contributed by atoms with Crippen LogP contribution in [0.25, 0.3) is 0 Å². The van der Waals surface area contributed by atoms with Crippen molar-refractivity contribution in [2.24, 2.45) is 56.0 Å². The molecule has 1 amide bonds. The van der Waals surface area contributed by atoms with E-state index in [4.69, 9.17) is 5.73 Å². The zero-order chi connectivity index (χ0) is 28.4.